The van der Waals surface area contributed by atoms with E-state index in [-0.39, 0.29) is 6.04 Å². The van der Waals surface area contributed by atoms with Crippen LogP contribution in [0.2, 0.25) is 0 Å². The number of benzene rings is 1. The Bertz CT molecular complexity index is 269. The van der Waals surface area contributed by atoms with Gasteiger partial charge >= 0.3 is 0 Å². The van der Waals surface area contributed by atoms with Crippen molar-refractivity contribution in [2.75, 3.05) is 19.0 Å². The first kappa shape index (κ1) is 10.1. The van der Waals surface area contributed by atoms with Gasteiger partial charge in [-0.1, -0.05) is 19.1 Å². The van der Waals surface area contributed by atoms with Gasteiger partial charge in [0.2, 0.25) is 0 Å². The van der Waals surface area contributed by atoms with Crippen molar-refractivity contribution in [3.05, 3.63) is 29.8 Å². The largest absolute Gasteiger partial charge is 0.377 e. The molecule has 0 amide bonds. The van der Waals surface area contributed by atoms with Gasteiger partial charge in [0.25, 0.3) is 0 Å². The first-order valence-corrected chi connectivity index (χ1v) is 4.59. The van der Waals surface area contributed by atoms with E-state index in [9.17, 15) is 0 Å². The Balaban J connectivity index is 2.91. The van der Waals surface area contributed by atoms with Gasteiger partial charge in [0, 0.05) is 31.9 Å². The Morgan fingerprint density at radius 2 is 2.23 bits per heavy atom. The molecule has 71 valence electrons. The Hall–Kier alpha value is -1.02. The van der Waals surface area contributed by atoms with Crippen molar-refractivity contribution >= 4 is 5.69 Å². The van der Waals surface area contributed by atoms with Gasteiger partial charge in [-0.15, -0.1) is 0 Å². The zero-order valence-electron chi connectivity index (χ0n) is 8.54. The third-order valence-electron chi connectivity index (χ3n) is 2.16. The summed E-state index contributed by atoms with van der Waals surface area (Å²) in [6.07, 6.45) is 0.969. The summed E-state index contributed by atoms with van der Waals surface area (Å²) >= 11 is 0. The average Bonchev–Trinajstić information content (AvgIpc) is 2.17. The zero-order chi connectivity index (χ0) is 9.84. The Labute approximate surface area is 80.4 Å². The van der Waals surface area contributed by atoms with Crippen LogP contribution in [-0.4, -0.2) is 14.1 Å². The lowest BCUT2D eigenvalue weighted by atomic mass is 10.0. The molecule has 1 unspecified atom stereocenters. The molecule has 0 spiro atoms. The lowest BCUT2D eigenvalue weighted by Crippen LogP contribution is -2.12. The lowest BCUT2D eigenvalue weighted by Gasteiger charge is -2.15. The Morgan fingerprint density at radius 1 is 1.54 bits per heavy atom. The van der Waals surface area contributed by atoms with Crippen molar-refractivity contribution in [1.82, 2.24) is 0 Å². The van der Waals surface area contributed by atoms with Crippen LogP contribution in [0.15, 0.2) is 18.2 Å². The molecule has 13 heavy (non-hydrogen) atoms. The lowest BCUT2D eigenvalue weighted by molar-refractivity contribution is 0.698. The standard InChI is InChI=1S/C11H17N2/c1-4-11(12)9-6-5-7-10(8-9)13(2)3/h5-6,8,11H,4,12H2,1-3H3. The van der Waals surface area contributed by atoms with Crippen LogP contribution in [0.25, 0.3) is 0 Å². The van der Waals surface area contributed by atoms with Gasteiger partial charge < -0.3 is 10.6 Å². The molecule has 1 rings (SSSR count). The smallest absolute Gasteiger partial charge is 0.0444 e. The normalized spacial score (nSPS) is 12.6. The van der Waals surface area contributed by atoms with Crippen molar-refractivity contribution < 1.29 is 0 Å². The van der Waals surface area contributed by atoms with E-state index in [0.29, 0.717) is 0 Å². The summed E-state index contributed by atoms with van der Waals surface area (Å²) in [5, 5.41) is 0. The minimum atomic E-state index is 0.147. The Kier molecular flexibility index (Phi) is 3.32. The summed E-state index contributed by atoms with van der Waals surface area (Å²) in [4.78, 5) is 2.03. The second-order valence-corrected chi connectivity index (χ2v) is 3.42. The maximum absolute atomic E-state index is 5.93. The molecule has 1 aromatic carbocycles. The van der Waals surface area contributed by atoms with E-state index in [0.717, 1.165) is 12.1 Å². The summed E-state index contributed by atoms with van der Waals surface area (Å²) in [6.45, 7) is 2.09. The first-order chi connectivity index (χ1) is 6.15. The topological polar surface area (TPSA) is 29.3 Å². The van der Waals surface area contributed by atoms with Crippen molar-refractivity contribution in [2.45, 2.75) is 19.4 Å². The van der Waals surface area contributed by atoms with Crippen molar-refractivity contribution in [3.8, 4) is 0 Å². The molecule has 0 aliphatic carbocycles. The van der Waals surface area contributed by atoms with Crippen LogP contribution in [0.3, 0.4) is 0 Å². The third kappa shape index (κ3) is 2.46. The summed E-state index contributed by atoms with van der Waals surface area (Å²) in [5.41, 5.74) is 8.20. The molecule has 0 saturated heterocycles. The molecular weight excluding hydrogens is 160 g/mol. The number of nitrogens with zero attached hydrogens (tertiary/aromatic N) is 1. The number of nitrogens with two attached hydrogens (primary N) is 1. The van der Waals surface area contributed by atoms with E-state index in [1.165, 1.54) is 5.56 Å². The highest BCUT2D eigenvalue weighted by atomic mass is 15.1. The highest BCUT2D eigenvalue weighted by Gasteiger charge is 2.04. The average molecular weight is 177 g/mol. The molecule has 0 fully saturated rings. The van der Waals surface area contributed by atoms with E-state index in [1.807, 2.05) is 31.1 Å². The molecule has 2 nitrogen and oxygen atoms in total. The van der Waals surface area contributed by atoms with Crippen LogP contribution in [-0.2, 0) is 0 Å². The predicted octanol–water partition coefficient (Wildman–Crippen LogP) is 1.96. The number of hydrogen-bond acceptors (Lipinski definition) is 2. The molecule has 0 aliphatic rings. The third-order valence-corrected chi connectivity index (χ3v) is 2.16. The van der Waals surface area contributed by atoms with Crippen LogP contribution in [0.5, 0.6) is 0 Å². The van der Waals surface area contributed by atoms with Gasteiger partial charge in [-0.05, 0) is 18.1 Å². The summed E-state index contributed by atoms with van der Waals surface area (Å²) < 4.78 is 0. The summed E-state index contributed by atoms with van der Waals surface area (Å²) in [6, 6.07) is 9.36. The SMILES string of the molecule is CCC(N)c1cc[c]c(N(C)C)c1. The molecule has 2 heteroatoms. The molecule has 1 radical (unpaired) electrons. The van der Waals surface area contributed by atoms with Crippen molar-refractivity contribution in [3.63, 3.8) is 0 Å². The predicted molar refractivity (Wildman–Crippen MR) is 56.8 cm³/mol. The monoisotopic (exact) mass is 177 g/mol. The minimum absolute atomic E-state index is 0.147. The number of anilines is 1. The molecule has 2 N–H and O–H groups in total. The quantitative estimate of drug-likeness (QED) is 0.764. The van der Waals surface area contributed by atoms with Gasteiger partial charge in [-0.3, -0.25) is 0 Å². The molecule has 0 bridgehead atoms. The highest BCUT2D eigenvalue weighted by molar-refractivity contribution is 5.46. The highest BCUT2D eigenvalue weighted by Crippen LogP contribution is 2.18. The first-order valence-electron chi connectivity index (χ1n) is 4.59. The number of rotatable bonds is 3. The second-order valence-electron chi connectivity index (χ2n) is 3.42. The van der Waals surface area contributed by atoms with Crippen LogP contribution >= 0.6 is 0 Å². The van der Waals surface area contributed by atoms with Gasteiger partial charge in [0.1, 0.15) is 0 Å². The summed E-state index contributed by atoms with van der Waals surface area (Å²) in [7, 11) is 4.01. The Morgan fingerprint density at radius 3 is 2.77 bits per heavy atom. The molecule has 0 heterocycles. The van der Waals surface area contributed by atoms with Crippen LogP contribution < -0.4 is 10.6 Å². The molecule has 0 aromatic heterocycles. The second kappa shape index (κ2) is 4.28. The fraction of sp³-hybridized carbons (Fsp3) is 0.455. The molecule has 0 aliphatic heterocycles. The molecule has 1 atom stereocenters. The van der Waals surface area contributed by atoms with Crippen LogP contribution in [0.1, 0.15) is 24.9 Å². The van der Waals surface area contributed by atoms with E-state index in [2.05, 4.69) is 19.1 Å². The van der Waals surface area contributed by atoms with E-state index >= 15 is 0 Å². The van der Waals surface area contributed by atoms with E-state index in [1.54, 1.807) is 0 Å². The van der Waals surface area contributed by atoms with Gasteiger partial charge in [0.15, 0.2) is 0 Å². The minimum Gasteiger partial charge on any atom is -0.377 e. The molecular formula is C11H17N2. The van der Waals surface area contributed by atoms with Crippen LogP contribution in [0, 0.1) is 6.07 Å². The van der Waals surface area contributed by atoms with Gasteiger partial charge in [0.05, 0.1) is 0 Å². The van der Waals surface area contributed by atoms with Crippen molar-refractivity contribution in [1.29, 1.82) is 0 Å². The van der Waals surface area contributed by atoms with Gasteiger partial charge in [-0.2, -0.15) is 0 Å². The van der Waals surface area contributed by atoms with E-state index < -0.39 is 0 Å². The van der Waals surface area contributed by atoms with Crippen molar-refractivity contribution in [2.24, 2.45) is 5.73 Å². The van der Waals surface area contributed by atoms with Gasteiger partial charge in [-0.25, -0.2) is 0 Å². The molecule has 1 aromatic rings. The van der Waals surface area contributed by atoms with Crippen LogP contribution in [0.4, 0.5) is 5.69 Å². The maximum Gasteiger partial charge on any atom is 0.0444 e. The fourth-order valence-electron chi connectivity index (χ4n) is 1.20. The summed E-state index contributed by atoms with van der Waals surface area (Å²) in [5.74, 6) is 0. The zero-order valence-corrected chi connectivity index (χ0v) is 8.54. The number of hydrogen-bond donors (Lipinski definition) is 1. The fourth-order valence-corrected chi connectivity index (χ4v) is 1.20. The molecule has 0 saturated carbocycles. The van der Waals surface area contributed by atoms with E-state index in [4.69, 9.17) is 5.73 Å². The maximum atomic E-state index is 5.93.